The highest BCUT2D eigenvalue weighted by atomic mass is 35.5. The molecule has 0 unspecified atom stereocenters. The van der Waals surface area contributed by atoms with E-state index < -0.39 is 17.2 Å². The molecule has 5 rings (SSSR count). The van der Waals surface area contributed by atoms with Crippen molar-refractivity contribution in [2.45, 2.75) is 13.5 Å². The van der Waals surface area contributed by atoms with Crippen molar-refractivity contribution < 1.29 is 9.53 Å². The molecule has 3 heterocycles. The van der Waals surface area contributed by atoms with Gasteiger partial charge in [-0.3, -0.25) is 18.7 Å². The van der Waals surface area contributed by atoms with Crippen molar-refractivity contribution >= 4 is 56.7 Å². The van der Waals surface area contributed by atoms with Gasteiger partial charge in [0.25, 0.3) is 5.56 Å². The predicted molar refractivity (Wildman–Crippen MR) is 153 cm³/mol. The fourth-order valence-electron chi connectivity index (χ4n) is 4.11. The van der Waals surface area contributed by atoms with Crippen molar-refractivity contribution in [3.63, 3.8) is 0 Å². The first-order valence-corrected chi connectivity index (χ1v) is 13.3. The van der Waals surface area contributed by atoms with Gasteiger partial charge >= 0.3 is 5.69 Å². The molecule has 0 fully saturated rings. The lowest BCUT2D eigenvalue weighted by Crippen LogP contribution is -2.37. The maximum atomic E-state index is 13.1. The van der Waals surface area contributed by atoms with Crippen LogP contribution in [0.3, 0.4) is 0 Å². The lowest BCUT2D eigenvalue weighted by Gasteiger charge is -2.06. The normalized spacial score (nSPS) is 11.2. The van der Waals surface area contributed by atoms with E-state index in [2.05, 4.69) is 10.3 Å². The highest BCUT2D eigenvalue weighted by molar-refractivity contribution is 7.19. The van der Waals surface area contributed by atoms with Gasteiger partial charge in [0.2, 0.25) is 5.91 Å². The van der Waals surface area contributed by atoms with E-state index in [1.165, 1.54) is 40.9 Å². The van der Waals surface area contributed by atoms with Gasteiger partial charge in [-0.1, -0.05) is 40.6 Å². The first kappa shape index (κ1) is 26.7. The molecule has 200 valence electrons. The molecule has 0 bridgehead atoms. The summed E-state index contributed by atoms with van der Waals surface area (Å²) in [5.41, 5.74) is 1.57. The Kier molecular flexibility index (Phi) is 7.30. The topological polar surface area (TPSA) is 113 Å². The summed E-state index contributed by atoms with van der Waals surface area (Å²) in [4.78, 5) is 47.6. The lowest BCUT2D eigenvalue weighted by atomic mass is 10.1. The van der Waals surface area contributed by atoms with E-state index in [1.807, 2.05) is 37.3 Å². The van der Waals surface area contributed by atoms with Crippen LogP contribution in [0.15, 0.2) is 58.4 Å². The van der Waals surface area contributed by atoms with E-state index in [0.29, 0.717) is 27.5 Å². The second-order valence-electron chi connectivity index (χ2n) is 8.58. The molecule has 1 N–H and O–H groups in total. The molecule has 0 aliphatic carbocycles. The Morgan fingerprint density at radius 1 is 1.03 bits per heavy atom. The van der Waals surface area contributed by atoms with Gasteiger partial charge in [0.1, 0.15) is 12.3 Å². The number of nitrogens with zero attached hydrogens (tertiary/aromatic N) is 5. The molecule has 0 atom stereocenters. The largest absolute Gasteiger partial charge is 0.494 e. The molecule has 13 heteroatoms. The molecule has 39 heavy (non-hydrogen) atoms. The minimum atomic E-state index is -0.535. The molecule has 0 aliphatic heterocycles. The Balaban J connectivity index is 1.49. The summed E-state index contributed by atoms with van der Waals surface area (Å²) >= 11 is 13.7. The van der Waals surface area contributed by atoms with Crippen molar-refractivity contribution in [3.05, 3.63) is 79.7 Å². The Morgan fingerprint density at radius 3 is 2.44 bits per heavy atom. The van der Waals surface area contributed by atoms with E-state index in [9.17, 15) is 14.4 Å². The van der Waals surface area contributed by atoms with E-state index >= 15 is 0 Å². The maximum absolute atomic E-state index is 13.1. The number of hydrogen-bond acceptors (Lipinski definition) is 7. The zero-order valence-electron chi connectivity index (χ0n) is 21.1. The fraction of sp³-hybridized carbons (Fsp3) is 0.192. The molecular formula is C26H22Cl2N6O4S. The Labute approximate surface area is 236 Å². The number of nitrogens with one attached hydrogen (secondary N) is 1. The van der Waals surface area contributed by atoms with Gasteiger partial charge < -0.3 is 14.6 Å². The van der Waals surface area contributed by atoms with Crippen LogP contribution in [0.1, 0.15) is 6.92 Å². The third-order valence-corrected chi connectivity index (χ3v) is 7.78. The van der Waals surface area contributed by atoms with Crippen molar-refractivity contribution in [2.75, 3.05) is 11.9 Å². The van der Waals surface area contributed by atoms with Crippen LogP contribution in [0.5, 0.6) is 5.75 Å². The second kappa shape index (κ2) is 10.7. The molecule has 3 aromatic heterocycles. The Hall–Kier alpha value is -3.93. The van der Waals surface area contributed by atoms with Crippen molar-refractivity contribution in [1.82, 2.24) is 23.7 Å². The number of hydrogen-bond donors (Lipinski definition) is 1. The number of thiazole rings is 1. The minimum Gasteiger partial charge on any atom is -0.494 e. The van der Waals surface area contributed by atoms with E-state index in [1.54, 1.807) is 12.1 Å². The number of rotatable bonds is 7. The number of benzene rings is 2. The van der Waals surface area contributed by atoms with Crippen LogP contribution in [-0.2, 0) is 25.4 Å². The average molecular weight is 585 g/mol. The monoisotopic (exact) mass is 584 g/mol. The Morgan fingerprint density at radius 2 is 1.74 bits per heavy atom. The smallest absolute Gasteiger partial charge is 0.332 e. The third kappa shape index (κ3) is 5.08. The Bertz CT molecular complexity index is 1840. The molecule has 1 amide bonds. The van der Waals surface area contributed by atoms with Crippen LogP contribution in [0.2, 0.25) is 10.0 Å². The number of halogens is 2. The van der Waals surface area contributed by atoms with Crippen LogP contribution in [0, 0.1) is 0 Å². The van der Waals surface area contributed by atoms with E-state index in [0.717, 1.165) is 26.3 Å². The van der Waals surface area contributed by atoms with E-state index in [-0.39, 0.29) is 17.7 Å². The molecule has 10 nitrogen and oxygen atoms in total. The van der Waals surface area contributed by atoms with Gasteiger partial charge in [0.15, 0.2) is 16.3 Å². The average Bonchev–Trinajstić information content (AvgIpc) is 3.53. The van der Waals surface area contributed by atoms with Gasteiger partial charge in [0, 0.05) is 19.7 Å². The van der Waals surface area contributed by atoms with Gasteiger partial charge in [-0.05, 0) is 48.9 Å². The van der Waals surface area contributed by atoms with Crippen LogP contribution < -0.4 is 21.3 Å². The summed E-state index contributed by atoms with van der Waals surface area (Å²) in [6, 6.07) is 12.8. The number of fused-ring (bicyclic) bond motifs is 1. The summed E-state index contributed by atoms with van der Waals surface area (Å²) < 4.78 is 9.20. The summed E-state index contributed by atoms with van der Waals surface area (Å²) in [6.45, 7) is 2.26. The zero-order chi connectivity index (χ0) is 27.8. The third-order valence-electron chi connectivity index (χ3n) is 6.03. The van der Waals surface area contributed by atoms with Crippen LogP contribution in [0.4, 0.5) is 5.13 Å². The van der Waals surface area contributed by atoms with Crippen LogP contribution in [-0.4, -0.2) is 36.2 Å². The summed E-state index contributed by atoms with van der Waals surface area (Å²) in [7, 11) is 2.90. The molecule has 0 aliphatic rings. The second-order valence-corrected chi connectivity index (χ2v) is 10.4. The molecule has 0 saturated carbocycles. The number of anilines is 1. The molecule has 0 saturated heterocycles. The highest BCUT2D eigenvalue weighted by Gasteiger charge is 2.20. The van der Waals surface area contributed by atoms with Crippen molar-refractivity contribution in [3.8, 4) is 27.4 Å². The standard InChI is InChI=1S/C26H22Cl2N6O4S/c1-4-38-16-8-5-14(6-9-16)20-22(15-7-10-17(27)18(28)11-15)39-25(31-20)30-19(35)12-34-13-29-23-21(34)24(36)33(3)26(37)32(23)2/h5-11,13H,4,12H2,1-3H3,(H,30,31,35). The summed E-state index contributed by atoms with van der Waals surface area (Å²) in [5, 5.41) is 4.00. The molecule has 5 aromatic rings. The quantitative estimate of drug-likeness (QED) is 0.300. The van der Waals surface area contributed by atoms with Gasteiger partial charge in [-0.2, -0.15) is 0 Å². The van der Waals surface area contributed by atoms with Crippen molar-refractivity contribution in [2.24, 2.45) is 14.1 Å². The zero-order valence-corrected chi connectivity index (χ0v) is 23.4. The number of ether oxygens (including phenoxy) is 1. The molecule has 2 aromatic carbocycles. The van der Waals surface area contributed by atoms with Gasteiger partial charge in [0.05, 0.1) is 33.6 Å². The lowest BCUT2D eigenvalue weighted by molar-refractivity contribution is -0.116. The summed E-state index contributed by atoms with van der Waals surface area (Å²) in [5.74, 6) is 0.315. The van der Waals surface area contributed by atoms with Crippen molar-refractivity contribution in [1.29, 1.82) is 0 Å². The maximum Gasteiger partial charge on any atom is 0.332 e. The number of amides is 1. The number of aromatic nitrogens is 5. The predicted octanol–water partition coefficient (Wildman–Crippen LogP) is 4.57. The first-order valence-electron chi connectivity index (χ1n) is 11.8. The van der Waals surface area contributed by atoms with Gasteiger partial charge in [-0.25, -0.2) is 14.8 Å². The number of carbonyl (C=O) groups is 1. The number of carbonyl (C=O) groups excluding carboxylic acids is 1. The SMILES string of the molecule is CCOc1ccc(-c2nc(NC(=O)Cn3cnc4c3c(=O)n(C)c(=O)n4C)sc2-c2ccc(Cl)c(Cl)c2)cc1. The van der Waals surface area contributed by atoms with Gasteiger partial charge in [-0.15, -0.1) is 0 Å². The van der Waals surface area contributed by atoms with Crippen LogP contribution >= 0.6 is 34.5 Å². The molecular weight excluding hydrogens is 563 g/mol. The molecule has 0 radical (unpaired) electrons. The first-order chi connectivity index (χ1) is 18.7. The minimum absolute atomic E-state index is 0.153. The highest BCUT2D eigenvalue weighted by Crippen LogP contribution is 2.41. The fourth-order valence-corrected chi connectivity index (χ4v) is 5.41. The number of aryl methyl sites for hydroxylation is 1. The van der Waals surface area contributed by atoms with Crippen LogP contribution in [0.25, 0.3) is 32.9 Å². The van der Waals surface area contributed by atoms with E-state index in [4.69, 9.17) is 32.9 Å². The summed E-state index contributed by atoms with van der Waals surface area (Å²) in [6.07, 6.45) is 1.36. The molecule has 0 spiro atoms. The number of imidazole rings is 1.